The van der Waals surface area contributed by atoms with Gasteiger partial charge < -0.3 is 4.74 Å². The average Bonchev–Trinajstić information content (AvgIpc) is 3.06. The van der Waals surface area contributed by atoms with Crippen LogP contribution in [0.25, 0.3) is 10.9 Å². The Labute approximate surface area is 151 Å². The average molecular weight is 373 g/mol. The summed E-state index contributed by atoms with van der Waals surface area (Å²) >= 11 is 0. The van der Waals surface area contributed by atoms with Crippen molar-refractivity contribution in [3.05, 3.63) is 53.7 Å². The molecule has 0 spiro atoms. The molecule has 1 amide bonds. The van der Waals surface area contributed by atoms with E-state index in [0.29, 0.717) is 11.3 Å². The number of ether oxygens (including phenoxy) is 1. The third-order valence-electron chi connectivity index (χ3n) is 4.09. The topological polar surface area (TPSA) is 92.4 Å². The van der Waals surface area contributed by atoms with Crippen LogP contribution in [0.15, 0.2) is 47.5 Å². The lowest BCUT2D eigenvalue weighted by Gasteiger charge is -2.19. The van der Waals surface area contributed by atoms with Crippen molar-refractivity contribution in [1.29, 1.82) is 0 Å². The van der Waals surface area contributed by atoms with E-state index in [9.17, 15) is 13.2 Å². The SMILES string of the molecule is Cc1ccc(S(=O)(=O)N(C)C(=O)COc2ccc3[nH]ncc3c2)c(C)c1. The van der Waals surface area contributed by atoms with Crippen LogP contribution < -0.4 is 4.74 Å². The molecule has 7 nitrogen and oxygen atoms in total. The lowest BCUT2D eigenvalue weighted by Crippen LogP contribution is -2.36. The third-order valence-corrected chi connectivity index (χ3v) is 6.03. The van der Waals surface area contributed by atoms with E-state index in [1.807, 2.05) is 6.92 Å². The fourth-order valence-corrected chi connectivity index (χ4v) is 3.94. The molecule has 0 bridgehead atoms. The second kappa shape index (κ2) is 6.80. The standard InChI is InChI=1S/C18H19N3O4S/c1-12-4-7-17(13(2)8-12)26(23,24)21(3)18(22)11-25-15-5-6-16-14(9-15)10-19-20-16/h4-10H,11H2,1-3H3,(H,19,20). The molecule has 0 atom stereocenters. The summed E-state index contributed by atoms with van der Waals surface area (Å²) in [6.07, 6.45) is 1.64. The number of hydrogen-bond acceptors (Lipinski definition) is 5. The van der Waals surface area contributed by atoms with Gasteiger partial charge in [0.25, 0.3) is 15.9 Å². The smallest absolute Gasteiger partial charge is 0.273 e. The van der Waals surface area contributed by atoms with Crippen LogP contribution in [0, 0.1) is 13.8 Å². The zero-order valence-corrected chi connectivity index (χ0v) is 15.5. The largest absolute Gasteiger partial charge is 0.484 e. The Morgan fingerprint density at radius 2 is 1.96 bits per heavy atom. The minimum Gasteiger partial charge on any atom is -0.484 e. The van der Waals surface area contributed by atoms with Crippen molar-refractivity contribution >= 4 is 26.8 Å². The summed E-state index contributed by atoms with van der Waals surface area (Å²) in [7, 11) is -2.69. The number of amides is 1. The summed E-state index contributed by atoms with van der Waals surface area (Å²) in [5.74, 6) is -0.193. The Bertz CT molecular complexity index is 1070. The molecule has 0 fully saturated rings. The number of aromatic amines is 1. The molecule has 0 saturated heterocycles. The van der Waals surface area contributed by atoms with Crippen molar-refractivity contribution in [2.45, 2.75) is 18.7 Å². The van der Waals surface area contributed by atoms with E-state index in [0.717, 1.165) is 20.8 Å². The number of aryl methyl sites for hydroxylation is 2. The summed E-state index contributed by atoms with van der Waals surface area (Å²) in [5.41, 5.74) is 2.39. The fourth-order valence-electron chi connectivity index (χ4n) is 2.62. The molecule has 0 radical (unpaired) electrons. The van der Waals surface area contributed by atoms with Crippen molar-refractivity contribution in [3.63, 3.8) is 0 Å². The first-order valence-electron chi connectivity index (χ1n) is 7.94. The number of aromatic nitrogens is 2. The normalized spacial score (nSPS) is 11.5. The molecule has 0 saturated carbocycles. The Morgan fingerprint density at radius 1 is 1.19 bits per heavy atom. The van der Waals surface area contributed by atoms with Crippen LogP contribution in [0.5, 0.6) is 5.75 Å². The highest BCUT2D eigenvalue weighted by molar-refractivity contribution is 7.89. The highest BCUT2D eigenvalue weighted by Crippen LogP contribution is 2.21. The number of likely N-dealkylation sites (N-methyl/N-ethyl adjacent to an activating group) is 1. The van der Waals surface area contributed by atoms with Gasteiger partial charge in [0.1, 0.15) is 5.75 Å². The summed E-state index contributed by atoms with van der Waals surface area (Å²) in [5, 5.41) is 7.57. The molecule has 2 aromatic carbocycles. The number of carbonyl (C=O) groups excluding carboxylic acids is 1. The van der Waals surface area contributed by atoms with Gasteiger partial charge in [-0.2, -0.15) is 5.10 Å². The molecule has 0 aliphatic heterocycles. The Balaban J connectivity index is 1.73. The van der Waals surface area contributed by atoms with Crippen molar-refractivity contribution in [2.75, 3.05) is 13.7 Å². The number of fused-ring (bicyclic) bond motifs is 1. The minimum absolute atomic E-state index is 0.110. The van der Waals surface area contributed by atoms with Crippen LogP contribution in [0.2, 0.25) is 0 Å². The number of nitrogens with one attached hydrogen (secondary N) is 1. The maximum Gasteiger partial charge on any atom is 0.273 e. The molecule has 1 aromatic heterocycles. The van der Waals surface area contributed by atoms with Gasteiger partial charge in [0.15, 0.2) is 6.61 Å². The summed E-state index contributed by atoms with van der Waals surface area (Å²) in [4.78, 5) is 12.4. The predicted molar refractivity (Wildman–Crippen MR) is 97.5 cm³/mol. The molecule has 0 aliphatic rings. The van der Waals surface area contributed by atoms with Crippen molar-refractivity contribution in [3.8, 4) is 5.75 Å². The van der Waals surface area contributed by atoms with Gasteiger partial charge >= 0.3 is 0 Å². The van der Waals surface area contributed by atoms with Gasteiger partial charge in [-0.3, -0.25) is 9.89 Å². The van der Waals surface area contributed by atoms with E-state index in [1.165, 1.54) is 13.1 Å². The van der Waals surface area contributed by atoms with Crippen LogP contribution in [0.4, 0.5) is 0 Å². The molecule has 136 valence electrons. The number of carbonyl (C=O) groups is 1. The van der Waals surface area contributed by atoms with Gasteiger partial charge in [0.2, 0.25) is 0 Å². The lowest BCUT2D eigenvalue weighted by atomic mass is 10.2. The molecule has 1 N–H and O–H groups in total. The van der Waals surface area contributed by atoms with Gasteiger partial charge in [0.05, 0.1) is 16.6 Å². The van der Waals surface area contributed by atoms with E-state index >= 15 is 0 Å². The zero-order valence-electron chi connectivity index (χ0n) is 14.7. The van der Waals surface area contributed by atoms with E-state index < -0.39 is 15.9 Å². The van der Waals surface area contributed by atoms with Gasteiger partial charge in [-0.05, 0) is 43.7 Å². The summed E-state index contributed by atoms with van der Waals surface area (Å²) < 4.78 is 31.6. The number of sulfonamides is 1. The van der Waals surface area contributed by atoms with Crippen LogP contribution in [0.1, 0.15) is 11.1 Å². The van der Waals surface area contributed by atoms with Crippen LogP contribution in [-0.2, 0) is 14.8 Å². The van der Waals surface area contributed by atoms with E-state index in [-0.39, 0.29) is 11.5 Å². The molecule has 3 rings (SSSR count). The first-order chi connectivity index (χ1) is 12.3. The number of H-pyrrole nitrogens is 1. The number of benzene rings is 2. The maximum atomic E-state index is 12.7. The van der Waals surface area contributed by atoms with Crippen LogP contribution >= 0.6 is 0 Å². The van der Waals surface area contributed by atoms with Gasteiger partial charge in [0, 0.05) is 12.4 Å². The fraction of sp³-hybridized carbons (Fsp3) is 0.222. The highest BCUT2D eigenvalue weighted by atomic mass is 32.2. The number of rotatable bonds is 5. The Kier molecular flexibility index (Phi) is 4.69. The van der Waals surface area contributed by atoms with E-state index in [4.69, 9.17) is 4.74 Å². The molecular weight excluding hydrogens is 354 g/mol. The Hall–Kier alpha value is -2.87. The predicted octanol–water partition coefficient (Wildman–Crippen LogP) is 2.41. The lowest BCUT2D eigenvalue weighted by molar-refractivity contribution is -0.127. The van der Waals surface area contributed by atoms with Gasteiger partial charge in [-0.1, -0.05) is 17.7 Å². The van der Waals surface area contributed by atoms with E-state index in [1.54, 1.807) is 43.5 Å². The molecule has 0 unspecified atom stereocenters. The quantitative estimate of drug-likeness (QED) is 0.741. The van der Waals surface area contributed by atoms with Crippen molar-refractivity contribution in [1.82, 2.24) is 14.5 Å². The monoisotopic (exact) mass is 373 g/mol. The van der Waals surface area contributed by atoms with Gasteiger partial charge in [-0.15, -0.1) is 0 Å². The van der Waals surface area contributed by atoms with Crippen molar-refractivity contribution in [2.24, 2.45) is 0 Å². The molecule has 26 heavy (non-hydrogen) atoms. The highest BCUT2D eigenvalue weighted by Gasteiger charge is 2.27. The summed E-state index contributed by atoms with van der Waals surface area (Å²) in [6.45, 7) is 3.20. The number of hydrogen-bond donors (Lipinski definition) is 1. The molecule has 8 heteroatoms. The third kappa shape index (κ3) is 3.41. The maximum absolute atomic E-state index is 12.7. The molecule has 3 aromatic rings. The van der Waals surface area contributed by atoms with Crippen LogP contribution in [0.3, 0.4) is 0 Å². The molecule has 1 heterocycles. The number of nitrogens with zero attached hydrogens (tertiary/aromatic N) is 2. The van der Waals surface area contributed by atoms with Gasteiger partial charge in [-0.25, -0.2) is 12.7 Å². The molecule has 0 aliphatic carbocycles. The Morgan fingerprint density at radius 3 is 2.69 bits per heavy atom. The van der Waals surface area contributed by atoms with E-state index in [2.05, 4.69) is 10.2 Å². The second-order valence-electron chi connectivity index (χ2n) is 6.04. The first kappa shape index (κ1) is 17.9. The molecular formula is C18H19N3O4S. The minimum atomic E-state index is -3.93. The second-order valence-corrected chi connectivity index (χ2v) is 7.98. The zero-order chi connectivity index (χ0) is 18.9. The first-order valence-corrected chi connectivity index (χ1v) is 9.38. The van der Waals surface area contributed by atoms with Crippen LogP contribution in [-0.4, -0.2) is 42.5 Å². The summed E-state index contributed by atoms with van der Waals surface area (Å²) in [6, 6.07) is 10.2. The van der Waals surface area contributed by atoms with Crippen molar-refractivity contribution < 1.29 is 17.9 Å².